The molecule has 0 heterocycles. The molecule has 2 nitrogen and oxygen atoms in total. The van der Waals surface area contributed by atoms with Gasteiger partial charge in [0.25, 0.3) is 0 Å². The number of halogens is 3. The lowest BCUT2D eigenvalue weighted by Crippen LogP contribution is -2.24. The van der Waals surface area contributed by atoms with Crippen LogP contribution in [-0.4, -0.2) is 12.1 Å². The average Bonchev–Trinajstić information content (AvgIpc) is 2.92. The van der Waals surface area contributed by atoms with Crippen molar-refractivity contribution in [3.05, 3.63) is 94.3 Å². The third-order valence-corrected chi connectivity index (χ3v) is 7.64. The highest BCUT2D eigenvalue weighted by Gasteiger charge is 2.28. The van der Waals surface area contributed by atoms with Crippen molar-refractivity contribution < 1.29 is 22.7 Å². The third-order valence-electron chi connectivity index (χ3n) is 7.64. The summed E-state index contributed by atoms with van der Waals surface area (Å²) >= 11 is 0. The summed E-state index contributed by atoms with van der Waals surface area (Å²) in [5, 5.41) is 0. The van der Waals surface area contributed by atoms with Crippen LogP contribution in [0.2, 0.25) is 0 Å². The number of benzene rings is 3. The molecule has 0 atom stereocenters. The van der Waals surface area contributed by atoms with E-state index in [1.807, 2.05) is 24.3 Å². The van der Waals surface area contributed by atoms with Gasteiger partial charge < -0.3 is 4.74 Å². The van der Waals surface area contributed by atoms with Gasteiger partial charge in [0, 0.05) is 5.56 Å². The summed E-state index contributed by atoms with van der Waals surface area (Å²) in [4.78, 5) is 12.6. The first-order valence-corrected chi connectivity index (χ1v) is 14.0. The number of unbranched alkanes of at least 4 members (excludes halogenated alkanes) is 2. The van der Waals surface area contributed by atoms with Crippen LogP contribution in [0, 0.1) is 17.5 Å². The lowest BCUT2D eigenvalue weighted by atomic mass is 9.82. The Labute approximate surface area is 224 Å². The Kier molecular flexibility index (Phi) is 9.65. The molecule has 0 unspecified atom stereocenters. The first kappa shape index (κ1) is 27.9. The predicted molar refractivity (Wildman–Crippen MR) is 146 cm³/mol. The molecule has 1 aliphatic rings. The molecule has 0 saturated heterocycles. The fraction of sp³-hybridized carbons (Fsp3) is 0.424. The summed E-state index contributed by atoms with van der Waals surface area (Å²) in [6.07, 6.45) is 7.62. The van der Waals surface area contributed by atoms with Crippen LogP contribution >= 0.6 is 0 Å². The molecule has 0 spiro atoms. The second kappa shape index (κ2) is 13.1. The lowest BCUT2D eigenvalue weighted by Gasteiger charge is -2.29. The summed E-state index contributed by atoms with van der Waals surface area (Å²) in [6, 6.07) is 15.5. The molecule has 0 N–H and O–H groups in total. The van der Waals surface area contributed by atoms with Gasteiger partial charge in [0.2, 0.25) is 0 Å². The molecule has 0 bridgehead atoms. The summed E-state index contributed by atoms with van der Waals surface area (Å²) in [5.41, 5.74) is 3.30. The van der Waals surface area contributed by atoms with E-state index in [9.17, 15) is 9.18 Å². The highest BCUT2D eigenvalue weighted by Crippen LogP contribution is 2.38. The van der Waals surface area contributed by atoms with E-state index in [1.165, 1.54) is 11.6 Å². The molecule has 5 heteroatoms. The zero-order valence-electron chi connectivity index (χ0n) is 22.4. The molecule has 0 aromatic heterocycles. The topological polar surface area (TPSA) is 26.3 Å². The Morgan fingerprint density at radius 2 is 1.55 bits per heavy atom. The van der Waals surface area contributed by atoms with Gasteiger partial charge in [-0.3, -0.25) is 0 Å². The minimum atomic E-state index is -0.820. The molecule has 1 fully saturated rings. The van der Waals surface area contributed by atoms with Crippen molar-refractivity contribution in [3.8, 4) is 11.1 Å². The van der Waals surface area contributed by atoms with Crippen LogP contribution in [0.1, 0.15) is 98.2 Å². The van der Waals surface area contributed by atoms with Crippen molar-refractivity contribution in [3.63, 3.8) is 0 Å². The second-order valence-corrected chi connectivity index (χ2v) is 10.4. The second-order valence-electron chi connectivity index (χ2n) is 10.4. The molecule has 3 aromatic rings. The van der Waals surface area contributed by atoms with E-state index in [-0.39, 0.29) is 29.0 Å². The van der Waals surface area contributed by atoms with E-state index in [0.717, 1.165) is 32.1 Å². The van der Waals surface area contributed by atoms with Gasteiger partial charge in [0.05, 0.1) is 5.56 Å². The monoisotopic (exact) mass is 522 g/mol. The van der Waals surface area contributed by atoms with Crippen LogP contribution in [0.3, 0.4) is 0 Å². The van der Waals surface area contributed by atoms with E-state index in [2.05, 4.69) is 13.8 Å². The highest BCUT2D eigenvalue weighted by molar-refractivity contribution is 5.89. The quantitative estimate of drug-likeness (QED) is 0.196. The molecular formula is C33H37F3O2. The minimum absolute atomic E-state index is 0.139. The Morgan fingerprint density at radius 3 is 2.21 bits per heavy atom. The normalized spacial score (nSPS) is 17.4. The van der Waals surface area contributed by atoms with Crippen molar-refractivity contribution >= 4 is 5.97 Å². The van der Waals surface area contributed by atoms with Crippen molar-refractivity contribution in [2.24, 2.45) is 0 Å². The molecule has 0 amide bonds. The number of ether oxygens (including phenoxy) is 1. The van der Waals surface area contributed by atoms with Gasteiger partial charge in [-0.05, 0) is 85.3 Å². The Bertz CT molecular complexity index is 1230. The number of hydrogen-bond acceptors (Lipinski definition) is 2. The van der Waals surface area contributed by atoms with Gasteiger partial charge in [-0.2, -0.15) is 0 Å². The fourth-order valence-corrected chi connectivity index (χ4v) is 5.40. The standard InChI is InChI=1S/C33H37F3O2/c1-3-5-6-8-25-13-14-26(21-30(25)34)33(37)38-27-17-15-24(16-18-27)29-20-19-28(31(35)32(29)36)23-11-9-22(7-4-2)10-12-23/h9-14,19-21,24,27H,3-8,15-18H2,1-2H3. The largest absolute Gasteiger partial charge is 0.459 e. The predicted octanol–water partition coefficient (Wildman–Crippen LogP) is 9.34. The Balaban J connectivity index is 1.35. The highest BCUT2D eigenvalue weighted by atomic mass is 19.2. The van der Waals surface area contributed by atoms with Crippen LogP contribution in [0.15, 0.2) is 54.6 Å². The van der Waals surface area contributed by atoms with E-state index in [1.54, 1.807) is 24.3 Å². The summed E-state index contributed by atoms with van der Waals surface area (Å²) in [5.74, 6) is -2.68. The van der Waals surface area contributed by atoms with E-state index < -0.39 is 17.6 Å². The number of esters is 1. The number of carbonyl (C=O) groups excluding carboxylic acids is 1. The van der Waals surface area contributed by atoms with Gasteiger partial charge >= 0.3 is 5.97 Å². The van der Waals surface area contributed by atoms with E-state index in [0.29, 0.717) is 48.8 Å². The minimum Gasteiger partial charge on any atom is -0.459 e. The number of hydrogen-bond donors (Lipinski definition) is 0. The van der Waals surface area contributed by atoms with Crippen molar-refractivity contribution in [2.75, 3.05) is 0 Å². The maximum Gasteiger partial charge on any atom is 0.338 e. The number of rotatable bonds is 10. The molecule has 202 valence electrons. The van der Waals surface area contributed by atoms with Crippen molar-refractivity contribution in [2.45, 2.75) is 90.1 Å². The van der Waals surface area contributed by atoms with Crippen LogP contribution in [0.5, 0.6) is 0 Å². The molecular weight excluding hydrogens is 485 g/mol. The molecule has 4 rings (SSSR count). The number of aryl methyl sites for hydroxylation is 2. The molecule has 3 aromatic carbocycles. The molecule has 1 saturated carbocycles. The van der Waals surface area contributed by atoms with Gasteiger partial charge in [0.15, 0.2) is 11.6 Å². The zero-order valence-corrected chi connectivity index (χ0v) is 22.4. The summed E-state index contributed by atoms with van der Waals surface area (Å²) < 4.78 is 50.3. The van der Waals surface area contributed by atoms with Crippen molar-refractivity contribution in [1.29, 1.82) is 0 Å². The Morgan fingerprint density at radius 1 is 0.816 bits per heavy atom. The van der Waals surface area contributed by atoms with Gasteiger partial charge in [-0.15, -0.1) is 0 Å². The summed E-state index contributed by atoms with van der Waals surface area (Å²) in [7, 11) is 0. The molecule has 38 heavy (non-hydrogen) atoms. The van der Waals surface area contributed by atoms with E-state index >= 15 is 8.78 Å². The first-order chi connectivity index (χ1) is 18.4. The maximum atomic E-state index is 15.1. The Hall–Kier alpha value is -3.08. The smallest absolute Gasteiger partial charge is 0.338 e. The van der Waals surface area contributed by atoms with Crippen LogP contribution in [0.25, 0.3) is 11.1 Å². The van der Waals surface area contributed by atoms with Gasteiger partial charge in [0.1, 0.15) is 11.9 Å². The first-order valence-electron chi connectivity index (χ1n) is 14.0. The van der Waals surface area contributed by atoms with Crippen LogP contribution in [-0.2, 0) is 17.6 Å². The van der Waals surface area contributed by atoms with Gasteiger partial charge in [-0.1, -0.05) is 75.6 Å². The average molecular weight is 523 g/mol. The molecule has 0 radical (unpaired) electrons. The zero-order chi connectivity index (χ0) is 27.1. The van der Waals surface area contributed by atoms with Crippen LogP contribution < -0.4 is 0 Å². The summed E-state index contributed by atoms with van der Waals surface area (Å²) in [6.45, 7) is 4.20. The van der Waals surface area contributed by atoms with Gasteiger partial charge in [-0.25, -0.2) is 18.0 Å². The molecule has 0 aliphatic heterocycles. The van der Waals surface area contributed by atoms with E-state index in [4.69, 9.17) is 4.74 Å². The SMILES string of the molecule is CCCCCc1ccc(C(=O)OC2CCC(c3ccc(-c4ccc(CCC)cc4)c(F)c3F)CC2)cc1F. The fourth-order valence-electron chi connectivity index (χ4n) is 5.40. The maximum absolute atomic E-state index is 15.1. The lowest BCUT2D eigenvalue weighted by molar-refractivity contribution is 0.0193. The number of carbonyl (C=O) groups is 1. The van der Waals surface area contributed by atoms with Crippen molar-refractivity contribution in [1.82, 2.24) is 0 Å². The third kappa shape index (κ3) is 6.67. The van der Waals surface area contributed by atoms with Crippen LogP contribution in [0.4, 0.5) is 13.2 Å². The molecule has 1 aliphatic carbocycles.